The lowest BCUT2D eigenvalue weighted by atomic mass is 9.78. The number of aromatic nitrogens is 4. The van der Waals surface area contributed by atoms with E-state index in [1.807, 2.05) is 28.9 Å². The van der Waals surface area contributed by atoms with Gasteiger partial charge in [-0.1, -0.05) is 38.8 Å². The third-order valence-corrected chi connectivity index (χ3v) is 4.65. The molecule has 1 aromatic heterocycles. The molecule has 112 valence electrons. The summed E-state index contributed by atoms with van der Waals surface area (Å²) in [6.07, 6.45) is 4.96. The molecule has 2 atom stereocenters. The number of benzene rings is 1. The van der Waals surface area contributed by atoms with Gasteiger partial charge in [-0.25, -0.2) is 4.68 Å². The second-order valence-corrected chi connectivity index (χ2v) is 6.29. The van der Waals surface area contributed by atoms with Crippen LogP contribution in [0, 0.1) is 11.8 Å². The Morgan fingerprint density at radius 1 is 1.19 bits per heavy atom. The van der Waals surface area contributed by atoms with Gasteiger partial charge in [-0.3, -0.25) is 0 Å². The minimum atomic E-state index is 0.378. The summed E-state index contributed by atoms with van der Waals surface area (Å²) in [5, 5.41) is 12.4. The van der Waals surface area contributed by atoms with Crippen molar-refractivity contribution in [3.8, 4) is 11.4 Å². The number of nitrogens with zero attached hydrogens (tertiary/aromatic N) is 4. The van der Waals surface area contributed by atoms with Crippen LogP contribution in [-0.2, 0) is 0 Å². The molecule has 0 spiro atoms. The van der Waals surface area contributed by atoms with Gasteiger partial charge in [-0.2, -0.15) is 0 Å². The van der Waals surface area contributed by atoms with Gasteiger partial charge < -0.3 is 5.73 Å². The van der Waals surface area contributed by atoms with Gasteiger partial charge in [-0.05, 0) is 47.2 Å². The van der Waals surface area contributed by atoms with Gasteiger partial charge in [0.15, 0.2) is 5.82 Å². The summed E-state index contributed by atoms with van der Waals surface area (Å²) >= 11 is 0. The molecular formula is C16H23N5. The van der Waals surface area contributed by atoms with Crippen LogP contribution in [0.15, 0.2) is 24.3 Å². The maximum Gasteiger partial charge on any atom is 0.184 e. The monoisotopic (exact) mass is 285 g/mol. The average Bonchev–Trinajstić information content (AvgIpc) is 2.96. The number of para-hydroxylation sites is 1. The zero-order valence-electron chi connectivity index (χ0n) is 12.7. The predicted octanol–water partition coefficient (Wildman–Crippen LogP) is 3.31. The van der Waals surface area contributed by atoms with E-state index >= 15 is 0 Å². The molecule has 0 amide bonds. The Morgan fingerprint density at radius 3 is 2.71 bits per heavy atom. The summed E-state index contributed by atoms with van der Waals surface area (Å²) in [6.45, 7) is 4.59. The Balaban J connectivity index is 2.00. The van der Waals surface area contributed by atoms with E-state index in [-0.39, 0.29) is 0 Å². The molecule has 0 radical (unpaired) electrons. The zero-order valence-corrected chi connectivity index (χ0v) is 12.7. The van der Waals surface area contributed by atoms with E-state index in [1.165, 1.54) is 19.3 Å². The molecule has 21 heavy (non-hydrogen) atoms. The second-order valence-electron chi connectivity index (χ2n) is 6.29. The highest BCUT2D eigenvalue weighted by atomic mass is 15.6. The smallest absolute Gasteiger partial charge is 0.184 e. The molecule has 1 aromatic carbocycles. The molecule has 3 rings (SSSR count). The molecule has 5 heteroatoms. The Morgan fingerprint density at radius 2 is 1.95 bits per heavy atom. The predicted molar refractivity (Wildman–Crippen MR) is 83.5 cm³/mol. The van der Waals surface area contributed by atoms with E-state index < -0.39 is 0 Å². The normalized spacial score (nSPS) is 22.6. The zero-order chi connectivity index (χ0) is 14.8. The summed E-state index contributed by atoms with van der Waals surface area (Å²) in [5.74, 6) is 2.07. The van der Waals surface area contributed by atoms with Crippen molar-refractivity contribution in [2.24, 2.45) is 11.8 Å². The van der Waals surface area contributed by atoms with Crippen LogP contribution in [0.3, 0.4) is 0 Å². The van der Waals surface area contributed by atoms with Crippen LogP contribution in [0.1, 0.15) is 45.6 Å². The van der Waals surface area contributed by atoms with Crippen LogP contribution >= 0.6 is 0 Å². The Hall–Kier alpha value is -1.91. The summed E-state index contributed by atoms with van der Waals surface area (Å²) in [6, 6.07) is 8.18. The number of rotatable bonds is 3. The van der Waals surface area contributed by atoms with Crippen LogP contribution in [0.25, 0.3) is 11.4 Å². The molecule has 0 bridgehead atoms. The van der Waals surface area contributed by atoms with Crippen LogP contribution in [-0.4, -0.2) is 20.2 Å². The fourth-order valence-corrected chi connectivity index (χ4v) is 3.52. The van der Waals surface area contributed by atoms with Gasteiger partial charge >= 0.3 is 0 Å². The summed E-state index contributed by atoms with van der Waals surface area (Å²) in [5.41, 5.74) is 7.75. The van der Waals surface area contributed by atoms with Crippen molar-refractivity contribution in [2.75, 3.05) is 5.73 Å². The lowest BCUT2D eigenvalue weighted by Crippen LogP contribution is -2.28. The first kappa shape index (κ1) is 14.0. The van der Waals surface area contributed by atoms with Gasteiger partial charge in [0.1, 0.15) is 0 Å². The first-order valence-electron chi connectivity index (χ1n) is 7.81. The maximum atomic E-state index is 6.10. The third-order valence-electron chi connectivity index (χ3n) is 4.65. The molecular weight excluding hydrogens is 262 g/mol. The molecule has 2 aromatic rings. The minimum Gasteiger partial charge on any atom is -0.398 e. The molecule has 0 aliphatic heterocycles. The highest BCUT2D eigenvalue weighted by Crippen LogP contribution is 2.39. The van der Waals surface area contributed by atoms with Crippen LogP contribution in [0.4, 0.5) is 5.69 Å². The molecule has 1 saturated carbocycles. The van der Waals surface area contributed by atoms with Crippen LogP contribution in [0.5, 0.6) is 0 Å². The van der Waals surface area contributed by atoms with Gasteiger partial charge in [-0.15, -0.1) is 5.10 Å². The molecule has 1 heterocycles. The second kappa shape index (κ2) is 5.84. The maximum absolute atomic E-state index is 6.10. The van der Waals surface area contributed by atoms with Crippen LogP contribution < -0.4 is 5.73 Å². The number of anilines is 1. The SMILES string of the molecule is CC(C)C1CCCCC1n1nnnc1-c1ccccc1N. The van der Waals surface area contributed by atoms with Crippen molar-refractivity contribution >= 4 is 5.69 Å². The van der Waals surface area contributed by atoms with Gasteiger partial charge in [0, 0.05) is 11.3 Å². The quantitative estimate of drug-likeness (QED) is 0.878. The molecule has 2 N–H and O–H groups in total. The Labute approximate surface area is 125 Å². The van der Waals surface area contributed by atoms with E-state index in [0.717, 1.165) is 23.5 Å². The van der Waals surface area contributed by atoms with Crippen molar-refractivity contribution in [3.05, 3.63) is 24.3 Å². The van der Waals surface area contributed by atoms with E-state index in [2.05, 4.69) is 29.4 Å². The molecule has 0 saturated heterocycles. The highest BCUT2D eigenvalue weighted by Gasteiger charge is 2.31. The molecule has 2 unspecified atom stereocenters. The summed E-state index contributed by atoms with van der Waals surface area (Å²) in [4.78, 5) is 0. The number of hydrogen-bond donors (Lipinski definition) is 1. The third kappa shape index (κ3) is 2.64. The number of nitrogens with two attached hydrogens (primary N) is 1. The van der Waals surface area contributed by atoms with Crippen molar-refractivity contribution in [1.29, 1.82) is 0 Å². The fourth-order valence-electron chi connectivity index (χ4n) is 3.52. The van der Waals surface area contributed by atoms with Gasteiger partial charge in [0.2, 0.25) is 0 Å². The molecule has 5 nitrogen and oxygen atoms in total. The largest absolute Gasteiger partial charge is 0.398 e. The lowest BCUT2D eigenvalue weighted by Gasteiger charge is -2.34. The molecule has 1 aliphatic rings. The Bertz CT molecular complexity index is 604. The van der Waals surface area contributed by atoms with Crippen LogP contribution in [0.2, 0.25) is 0 Å². The van der Waals surface area contributed by atoms with E-state index in [9.17, 15) is 0 Å². The van der Waals surface area contributed by atoms with Crippen molar-refractivity contribution in [1.82, 2.24) is 20.2 Å². The summed E-state index contributed by atoms with van der Waals surface area (Å²) < 4.78 is 2.01. The molecule has 1 aliphatic carbocycles. The highest BCUT2D eigenvalue weighted by molar-refractivity contribution is 5.71. The average molecular weight is 285 g/mol. The first-order chi connectivity index (χ1) is 10.2. The number of hydrogen-bond acceptors (Lipinski definition) is 4. The summed E-state index contributed by atoms with van der Waals surface area (Å²) in [7, 11) is 0. The number of tetrazole rings is 1. The van der Waals surface area contributed by atoms with Crippen molar-refractivity contribution in [3.63, 3.8) is 0 Å². The van der Waals surface area contributed by atoms with E-state index in [4.69, 9.17) is 5.73 Å². The number of nitrogen functional groups attached to an aromatic ring is 1. The van der Waals surface area contributed by atoms with Crippen molar-refractivity contribution in [2.45, 2.75) is 45.6 Å². The van der Waals surface area contributed by atoms with Gasteiger partial charge in [0.25, 0.3) is 0 Å². The lowest BCUT2D eigenvalue weighted by molar-refractivity contribution is 0.172. The topological polar surface area (TPSA) is 69.6 Å². The van der Waals surface area contributed by atoms with E-state index in [0.29, 0.717) is 17.9 Å². The van der Waals surface area contributed by atoms with Gasteiger partial charge in [0.05, 0.1) is 6.04 Å². The standard InChI is InChI=1S/C16H23N5/c1-11(2)12-7-4-6-10-15(12)21-16(18-19-20-21)13-8-3-5-9-14(13)17/h3,5,8-9,11-12,15H,4,6-7,10,17H2,1-2H3. The van der Waals surface area contributed by atoms with E-state index in [1.54, 1.807) is 0 Å². The molecule has 1 fully saturated rings. The van der Waals surface area contributed by atoms with Crippen molar-refractivity contribution < 1.29 is 0 Å². The fraction of sp³-hybridized carbons (Fsp3) is 0.562. The first-order valence-corrected chi connectivity index (χ1v) is 7.81. The Kier molecular flexibility index (Phi) is 3.90. The minimum absolute atomic E-state index is 0.378.